The minimum absolute atomic E-state index is 0.0998. The monoisotopic (exact) mass is 269 g/mol. The van der Waals surface area contributed by atoms with Crippen LogP contribution in [0.2, 0.25) is 0 Å². The molecule has 18 heavy (non-hydrogen) atoms. The molecule has 0 aromatic carbocycles. The fourth-order valence-electron chi connectivity index (χ4n) is 2.61. The predicted octanol–water partition coefficient (Wildman–Crippen LogP) is -2.61. The average Bonchev–Trinajstić information content (AvgIpc) is 2.22. The Balaban J connectivity index is 1.65. The number of sulfone groups is 1. The molecule has 1 spiro atoms. The molecule has 96 valence electrons. The van der Waals surface area contributed by atoms with Gasteiger partial charge in [-0.15, -0.1) is 0 Å². The molecule has 0 amide bonds. The summed E-state index contributed by atoms with van der Waals surface area (Å²) in [7, 11) is -4.38. The highest BCUT2D eigenvalue weighted by molar-refractivity contribution is 7.92. The van der Waals surface area contributed by atoms with Gasteiger partial charge in [0, 0.05) is 36.4 Å². The van der Waals surface area contributed by atoms with Gasteiger partial charge in [0.1, 0.15) is 0 Å². The minimum atomic E-state index is -2.81. The summed E-state index contributed by atoms with van der Waals surface area (Å²) in [5.41, 5.74) is 0.136. The normalized spacial score (nSPS) is 23.3. The molecule has 0 bridgehead atoms. The molecule has 2 N–H and O–H groups in total. The van der Waals surface area contributed by atoms with Crippen molar-refractivity contribution in [1.82, 2.24) is 9.97 Å². The third-order valence-corrected chi connectivity index (χ3v) is 5.45. The third-order valence-electron chi connectivity index (χ3n) is 3.34. The topological polar surface area (TPSA) is 104 Å². The Labute approximate surface area is 105 Å². The summed E-state index contributed by atoms with van der Waals surface area (Å²) in [6.07, 6.45) is 2.71. The van der Waals surface area contributed by atoms with Gasteiger partial charge in [0.25, 0.3) is 0 Å². The van der Waals surface area contributed by atoms with E-state index in [9.17, 15) is 8.42 Å². The van der Waals surface area contributed by atoms with E-state index in [2.05, 4.69) is 9.97 Å². The maximum Gasteiger partial charge on any atom is 0.491 e. The Morgan fingerprint density at radius 1 is 1.22 bits per heavy atom. The van der Waals surface area contributed by atoms with E-state index in [1.54, 1.807) is 0 Å². The fraction of sp³-hybridized carbons (Fsp3) is 0.556. The van der Waals surface area contributed by atoms with Gasteiger partial charge in [-0.3, -0.25) is 0 Å². The highest BCUT2D eigenvalue weighted by atomic mass is 32.2. The second-order valence-electron chi connectivity index (χ2n) is 5.08. The van der Waals surface area contributed by atoms with E-state index in [1.165, 1.54) is 12.4 Å². The molecule has 3 heterocycles. The second kappa shape index (κ2) is 3.66. The Bertz CT molecular complexity index is 554. The number of nitrogens with zero attached hydrogens (tertiary/aromatic N) is 3. The second-order valence-corrected chi connectivity index (χ2v) is 7.14. The van der Waals surface area contributed by atoms with Crippen LogP contribution in [0.4, 0.5) is 5.95 Å². The predicted molar refractivity (Wildman–Crippen MR) is 65.2 cm³/mol. The van der Waals surface area contributed by atoms with Crippen molar-refractivity contribution >= 4 is 28.4 Å². The quantitative estimate of drug-likeness (QED) is 0.567. The van der Waals surface area contributed by atoms with Crippen LogP contribution in [0.5, 0.6) is 0 Å². The van der Waals surface area contributed by atoms with Crippen molar-refractivity contribution in [3.8, 4) is 0 Å². The molecule has 0 unspecified atom stereocenters. The van der Waals surface area contributed by atoms with Crippen LogP contribution < -0.4 is 10.4 Å². The molecular weight excluding hydrogens is 257 g/mol. The molecule has 9 heteroatoms. The molecule has 2 aliphatic heterocycles. The van der Waals surface area contributed by atoms with Gasteiger partial charge in [0.05, 0.1) is 11.5 Å². The van der Waals surface area contributed by atoms with Crippen LogP contribution in [0.3, 0.4) is 0 Å². The first-order valence-electron chi connectivity index (χ1n) is 5.53. The lowest BCUT2D eigenvalue weighted by Gasteiger charge is -2.54. The van der Waals surface area contributed by atoms with Gasteiger partial charge in [-0.25, -0.2) is 18.4 Å². The molecule has 2 aliphatic rings. The summed E-state index contributed by atoms with van der Waals surface area (Å²) >= 11 is 0. The average molecular weight is 269 g/mol. The number of aromatic nitrogens is 2. The van der Waals surface area contributed by atoms with Crippen molar-refractivity contribution < 1.29 is 18.5 Å². The Kier molecular flexibility index (Phi) is 2.41. The molecule has 1 aromatic heterocycles. The molecule has 2 fully saturated rings. The van der Waals surface area contributed by atoms with Crippen LogP contribution in [0.25, 0.3) is 0 Å². The fourth-order valence-corrected chi connectivity index (χ4v) is 4.75. The zero-order valence-corrected chi connectivity index (χ0v) is 10.3. The molecule has 0 saturated carbocycles. The highest BCUT2D eigenvalue weighted by Gasteiger charge is 2.56. The molecule has 0 aliphatic carbocycles. The van der Waals surface area contributed by atoms with Gasteiger partial charge in [-0.05, 0) is 0 Å². The first-order chi connectivity index (χ1) is 8.39. The van der Waals surface area contributed by atoms with Crippen molar-refractivity contribution in [3.05, 3.63) is 12.4 Å². The molecule has 1 aromatic rings. The van der Waals surface area contributed by atoms with Crippen LogP contribution in [0.1, 0.15) is 0 Å². The SMILES string of the molecule is O=S1(=O)CC2(CN(c3ncc(B(O)O)cn3)C2)C1. The van der Waals surface area contributed by atoms with E-state index in [-0.39, 0.29) is 22.4 Å². The first-order valence-corrected chi connectivity index (χ1v) is 7.35. The maximum atomic E-state index is 11.2. The summed E-state index contributed by atoms with van der Waals surface area (Å²) in [6, 6.07) is 0. The number of hydrogen-bond acceptors (Lipinski definition) is 7. The zero-order chi connectivity index (χ0) is 13.0. The summed E-state index contributed by atoms with van der Waals surface area (Å²) in [6.45, 7) is 1.29. The van der Waals surface area contributed by atoms with Gasteiger partial charge >= 0.3 is 7.12 Å². The largest absolute Gasteiger partial charge is 0.491 e. The van der Waals surface area contributed by atoms with Gasteiger partial charge < -0.3 is 14.9 Å². The van der Waals surface area contributed by atoms with Gasteiger partial charge in [-0.1, -0.05) is 0 Å². The summed E-state index contributed by atoms with van der Waals surface area (Å²) in [4.78, 5) is 9.95. The Morgan fingerprint density at radius 3 is 2.22 bits per heavy atom. The number of rotatable bonds is 2. The van der Waals surface area contributed by atoms with E-state index in [0.717, 1.165) is 0 Å². The van der Waals surface area contributed by atoms with Crippen molar-refractivity contribution in [2.45, 2.75) is 0 Å². The minimum Gasteiger partial charge on any atom is -0.423 e. The van der Waals surface area contributed by atoms with Gasteiger partial charge in [0.2, 0.25) is 5.95 Å². The zero-order valence-electron chi connectivity index (χ0n) is 9.52. The lowest BCUT2D eigenvalue weighted by Crippen LogP contribution is -2.68. The van der Waals surface area contributed by atoms with Crippen molar-refractivity contribution in [3.63, 3.8) is 0 Å². The molecule has 0 atom stereocenters. The third kappa shape index (κ3) is 1.88. The van der Waals surface area contributed by atoms with Crippen molar-refractivity contribution in [2.24, 2.45) is 5.41 Å². The highest BCUT2D eigenvalue weighted by Crippen LogP contribution is 2.42. The van der Waals surface area contributed by atoms with Crippen LogP contribution in [0.15, 0.2) is 12.4 Å². The van der Waals surface area contributed by atoms with E-state index >= 15 is 0 Å². The van der Waals surface area contributed by atoms with Gasteiger partial charge in [-0.2, -0.15) is 0 Å². The Morgan fingerprint density at radius 2 is 1.78 bits per heavy atom. The van der Waals surface area contributed by atoms with Crippen LogP contribution in [-0.2, 0) is 9.84 Å². The molecule has 3 rings (SSSR count). The van der Waals surface area contributed by atoms with E-state index in [4.69, 9.17) is 10.0 Å². The summed E-state index contributed by atoms with van der Waals surface area (Å²) in [5.74, 6) is 1.00. The maximum absolute atomic E-state index is 11.2. The molecule has 2 saturated heterocycles. The lowest BCUT2D eigenvalue weighted by molar-refractivity contribution is 0.251. The Hall–Kier alpha value is -1.19. The van der Waals surface area contributed by atoms with E-state index in [1.807, 2.05) is 4.90 Å². The molecular formula is C9H12BN3O4S. The van der Waals surface area contributed by atoms with E-state index in [0.29, 0.717) is 19.0 Å². The van der Waals surface area contributed by atoms with Crippen LogP contribution in [0, 0.1) is 5.41 Å². The lowest BCUT2D eigenvalue weighted by atomic mass is 9.82. The smallest absolute Gasteiger partial charge is 0.423 e. The standard InChI is InChI=1S/C9H12BN3O4S/c14-10(15)7-1-11-8(12-2-7)13-3-9(4-13)5-18(16,17)6-9/h1-2,14-15H,3-6H2. The van der Waals surface area contributed by atoms with Crippen molar-refractivity contribution in [1.29, 1.82) is 0 Å². The molecule has 7 nitrogen and oxygen atoms in total. The number of anilines is 1. The van der Waals surface area contributed by atoms with Gasteiger partial charge in [0.15, 0.2) is 9.84 Å². The van der Waals surface area contributed by atoms with Crippen molar-refractivity contribution in [2.75, 3.05) is 29.5 Å². The number of hydrogen-bond donors (Lipinski definition) is 2. The van der Waals surface area contributed by atoms with Crippen LogP contribution >= 0.6 is 0 Å². The van der Waals surface area contributed by atoms with Crippen LogP contribution in [-0.4, -0.2) is 60.1 Å². The first kappa shape index (κ1) is 11.9. The summed E-state index contributed by atoms with van der Waals surface area (Å²) < 4.78 is 22.3. The summed E-state index contributed by atoms with van der Waals surface area (Å²) in [5, 5.41) is 17.8. The molecule has 0 radical (unpaired) electrons. The van der Waals surface area contributed by atoms with E-state index < -0.39 is 17.0 Å².